The van der Waals surface area contributed by atoms with Crippen LogP contribution in [-0.2, 0) is 0 Å². The maximum absolute atomic E-state index is 9.77. The van der Waals surface area contributed by atoms with E-state index < -0.39 is 0 Å². The van der Waals surface area contributed by atoms with Crippen molar-refractivity contribution in [2.45, 2.75) is 12.5 Å². The van der Waals surface area contributed by atoms with Crippen LogP contribution in [-0.4, -0.2) is 5.11 Å². The second-order valence-electron chi connectivity index (χ2n) is 3.32. The van der Waals surface area contributed by atoms with Gasteiger partial charge in [-0.05, 0) is 12.0 Å². The van der Waals surface area contributed by atoms with Gasteiger partial charge >= 0.3 is 0 Å². The fourth-order valence-electron chi connectivity index (χ4n) is 1.44. The van der Waals surface area contributed by atoms with Crippen LogP contribution in [0.1, 0.15) is 18.1 Å². The van der Waals surface area contributed by atoms with Crippen LogP contribution in [0.5, 0.6) is 0 Å². The van der Waals surface area contributed by atoms with Crippen molar-refractivity contribution in [3.63, 3.8) is 0 Å². The maximum Gasteiger partial charge on any atom is 0.0858 e. The molecule has 0 bridgehead atoms. The van der Waals surface area contributed by atoms with Crippen molar-refractivity contribution >= 4 is 0 Å². The summed E-state index contributed by atoms with van der Waals surface area (Å²) in [5.41, 5.74) is 2.17. The van der Waals surface area contributed by atoms with Crippen molar-refractivity contribution < 1.29 is 5.11 Å². The predicted molar refractivity (Wildman–Crippen MR) is 48.6 cm³/mol. The third-order valence-electron chi connectivity index (χ3n) is 2.37. The second-order valence-corrected chi connectivity index (χ2v) is 3.32. The number of hydrogen-bond acceptors (Lipinski definition) is 1. The van der Waals surface area contributed by atoms with Gasteiger partial charge in [0.15, 0.2) is 0 Å². The van der Waals surface area contributed by atoms with Crippen molar-refractivity contribution in [3.05, 3.63) is 48.0 Å². The highest BCUT2D eigenvalue weighted by Gasteiger charge is 2.34. The first-order valence-electron chi connectivity index (χ1n) is 4.19. The molecule has 1 aliphatic carbocycles. The molecular weight excluding hydrogens is 148 g/mol. The zero-order valence-electron chi connectivity index (χ0n) is 6.90. The molecular formula is C11H12O. The minimum absolute atomic E-state index is 0.312. The van der Waals surface area contributed by atoms with Crippen LogP contribution < -0.4 is 0 Å². The molecule has 12 heavy (non-hydrogen) atoms. The zero-order chi connectivity index (χ0) is 8.55. The van der Waals surface area contributed by atoms with E-state index in [0.717, 1.165) is 12.0 Å². The second kappa shape index (κ2) is 2.76. The van der Waals surface area contributed by atoms with Crippen molar-refractivity contribution in [1.29, 1.82) is 0 Å². The summed E-state index contributed by atoms with van der Waals surface area (Å²) in [6.07, 6.45) is 0.648. The molecule has 1 aromatic carbocycles. The lowest BCUT2D eigenvalue weighted by Gasteiger charge is -2.07. The minimum atomic E-state index is -0.335. The quantitative estimate of drug-likeness (QED) is 0.658. The molecule has 0 saturated heterocycles. The van der Waals surface area contributed by atoms with Crippen LogP contribution in [0.25, 0.3) is 0 Å². The maximum atomic E-state index is 9.77. The van der Waals surface area contributed by atoms with Gasteiger partial charge < -0.3 is 5.11 Å². The van der Waals surface area contributed by atoms with Gasteiger partial charge in [0.1, 0.15) is 0 Å². The molecule has 0 spiro atoms. The highest BCUT2D eigenvalue weighted by molar-refractivity contribution is 5.28. The molecule has 0 unspecified atom stereocenters. The van der Waals surface area contributed by atoms with Crippen LogP contribution in [0.15, 0.2) is 42.5 Å². The molecule has 1 nitrogen and oxygen atoms in total. The van der Waals surface area contributed by atoms with E-state index in [2.05, 4.69) is 6.58 Å². The summed E-state index contributed by atoms with van der Waals surface area (Å²) in [5.74, 6) is 0.312. The van der Waals surface area contributed by atoms with Gasteiger partial charge in [-0.1, -0.05) is 42.5 Å². The van der Waals surface area contributed by atoms with Gasteiger partial charge in [-0.25, -0.2) is 0 Å². The lowest BCUT2D eigenvalue weighted by molar-refractivity contribution is 0.158. The predicted octanol–water partition coefficient (Wildman–Crippen LogP) is 2.30. The summed E-state index contributed by atoms with van der Waals surface area (Å²) in [6.45, 7) is 3.83. The molecule has 1 saturated carbocycles. The van der Waals surface area contributed by atoms with E-state index in [0.29, 0.717) is 5.92 Å². The summed E-state index contributed by atoms with van der Waals surface area (Å²) in [5, 5.41) is 9.77. The van der Waals surface area contributed by atoms with E-state index in [4.69, 9.17) is 0 Å². The number of rotatable bonds is 2. The lowest BCUT2D eigenvalue weighted by Crippen LogP contribution is -1.98. The van der Waals surface area contributed by atoms with E-state index >= 15 is 0 Å². The van der Waals surface area contributed by atoms with E-state index in [1.54, 1.807) is 0 Å². The SMILES string of the molecule is C=C1C[C@@H]1[C@@H](O)c1ccccc1. The summed E-state index contributed by atoms with van der Waals surface area (Å²) < 4.78 is 0. The Balaban J connectivity index is 2.15. The Morgan fingerprint density at radius 3 is 2.42 bits per heavy atom. The van der Waals surface area contributed by atoms with Gasteiger partial charge in [-0.2, -0.15) is 0 Å². The molecule has 0 aromatic heterocycles. The zero-order valence-corrected chi connectivity index (χ0v) is 6.90. The third kappa shape index (κ3) is 1.28. The average molecular weight is 160 g/mol. The largest absolute Gasteiger partial charge is 0.388 e. The normalized spacial score (nSPS) is 23.8. The lowest BCUT2D eigenvalue weighted by atomic mass is 10.1. The topological polar surface area (TPSA) is 20.2 Å². The molecule has 0 amide bonds. The van der Waals surface area contributed by atoms with Gasteiger partial charge in [-0.15, -0.1) is 0 Å². The first-order chi connectivity index (χ1) is 5.79. The first-order valence-corrected chi connectivity index (χ1v) is 4.19. The third-order valence-corrected chi connectivity index (χ3v) is 2.37. The van der Waals surface area contributed by atoms with Gasteiger partial charge in [0, 0.05) is 5.92 Å². The highest BCUT2D eigenvalue weighted by atomic mass is 16.3. The number of aliphatic hydroxyl groups excluding tert-OH is 1. The number of benzene rings is 1. The average Bonchev–Trinajstić information content (AvgIpc) is 2.83. The van der Waals surface area contributed by atoms with Crippen molar-refractivity contribution in [1.82, 2.24) is 0 Å². The van der Waals surface area contributed by atoms with Gasteiger partial charge in [0.2, 0.25) is 0 Å². The van der Waals surface area contributed by atoms with E-state index in [1.165, 1.54) is 5.57 Å². The Morgan fingerprint density at radius 2 is 1.92 bits per heavy atom. The Labute approximate surface area is 72.4 Å². The molecule has 1 heteroatoms. The first kappa shape index (κ1) is 7.56. The van der Waals surface area contributed by atoms with Crippen molar-refractivity contribution in [2.24, 2.45) is 5.92 Å². The summed E-state index contributed by atoms with van der Waals surface area (Å²) in [7, 11) is 0. The Morgan fingerprint density at radius 1 is 1.33 bits per heavy atom. The fourth-order valence-corrected chi connectivity index (χ4v) is 1.44. The number of hydrogen-bond donors (Lipinski definition) is 1. The Hall–Kier alpha value is -1.08. The fraction of sp³-hybridized carbons (Fsp3) is 0.273. The smallest absolute Gasteiger partial charge is 0.0858 e. The molecule has 1 aromatic rings. The number of aliphatic hydroxyl groups is 1. The van der Waals surface area contributed by atoms with Crippen LogP contribution in [0.2, 0.25) is 0 Å². The molecule has 1 fully saturated rings. The highest BCUT2D eigenvalue weighted by Crippen LogP contribution is 2.45. The molecule has 2 atom stereocenters. The Kier molecular flexibility index (Phi) is 1.74. The molecule has 0 heterocycles. The standard InChI is InChI=1S/C11H12O/c1-8-7-10(8)11(12)9-5-3-2-4-6-9/h2-6,10-12H,1,7H2/t10-,11-/m0/s1. The molecule has 2 rings (SSSR count). The van der Waals surface area contributed by atoms with Gasteiger partial charge in [0.25, 0.3) is 0 Å². The van der Waals surface area contributed by atoms with Crippen LogP contribution in [0, 0.1) is 5.92 Å². The molecule has 0 radical (unpaired) electrons. The summed E-state index contributed by atoms with van der Waals surface area (Å²) in [6, 6.07) is 9.76. The summed E-state index contributed by atoms with van der Waals surface area (Å²) >= 11 is 0. The van der Waals surface area contributed by atoms with Crippen LogP contribution >= 0.6 is 0 Å². The van der Waals surface area contributed by atoms with Crippen molar-refractivity contribution in [3.8, 4) is 0 Å². The Bertz CT molecular complexity index is 289. The monoisotopic (exact) mass is 160 g/mol. The van der Waals surface area contributed by atoms with Gasteiger partial charge in [-0.3, -0.25) is 0 Å². The van der Waals surface area contributed by atoms with Crippen molar-refractivity contribution in [2.75, 3.05) is 0 Å². The summed E-state index contributed by atoms with van der Waals surface area (Å²) in [4.78, 5) is 0. The van der Waals surface area contributed by atoms with E-state index in [9.17, 15) is 5.11 Å². The van der Waals surface area contributed by atoms with E-state index in [-0.39, 0.29) is 6.10 Å². The molecule has 1 N–H and O–H groups in total. The molecule has 62 valence electrons. The molecule has 0 aliphatic heterocycles. The molecule has 1 aliphatic rings. The van der Waals surface area contributed by atoms with Gasteiger partial charge in [0.05, 0.1) is 6.10 Å². The van der Waals surface area contributed by atoms with E-state index in [1.807, 2.05) is 30.3 Å². The van der Waals surface area contributed by atoms with Crippen LogP contribution in [0.3, 0.4) is 0 Å². The minimum Gasteiger partial charge on any atom is -0.388 e. The van der Waals surface area contributed by atoms with Crippen LogP contribution in [0.4, 0.5) is 0 Å².